The molecule has 122 valence electrons. The van der Waals surface area contributed by atoms with Crippen molar-refractivity contribution in [3.63, 3.8) is 0 Å². The quantitative estimate of drug-likeness (QED) is 0.851. The van der Waals surface area contributed by atoms with E-state index in [4.69, 9.17) is 0 Å². The van der Waals surface area contributed by atoms with E-state index in [0.717, 1.165) is 43.6 Å². The van der Waals surface area contributed by atoms with E-state index in [1.807, 2.05) is 23.7 Å². The maximum absolute atomic E-state index is 12.7. The van der Waals surface area contributed by atoms with Crippen LogP contribution < -0.4 is 0 Å². The maximum atomic E-state index is 12.7. The van der Waals surface area contributed by atoms with E-state index in [9.17, 15) is 4.79 Å². The average Bonchev–Trinajstić information content (AvgIpc) is 3.16. The first-order valence-corrected chi connectivity index (χ1v) is 8.32. The molecule has 1 aliphatic rings. The van der Waals surface area contributed by atoms with Crippen LogP contribution in [0.1, 0.15) is 36.2 Å². The molecular weight excluding hydrogens is 288 g/mol. The molecule has 1 fully saturated rings. The van der Waals surface area contributed by atoms with Crippen LogP contribution >= 0.6 is 0 Å². The maximum Gasteiger partial charge on any atom is 0.227 e. The Kier molecular flexibility index (Phi) is 4.74. The van der Waals surface area contributed by atoms with Gasteiger partial charge in [-0.05, 0) is 37.3 Å². The number of benzene rings is 1. The largest absolute Gasteiger partial charge is 0.339 e. The minimum Gasteiger partial charge on any atom is -0.339 e. The molecule has 3 rings (SSSR count). The zero-order chi connectivity index (χ0) is 16.2. The van der Waals surface area contributed by atoms with E-state index in [2.05, 4.69) is 34.2 Å². The first-order valence-electron chi connectivity index (χ1n) is 8.32. The molecule has 2 aromatic rings. The number of rotatable bonds is 5. The van der Waals surface area contributed by atoms with Gasteiger partial charge < -0.3 is 9.47 Å². The highest BCUT2D eigenvalue weighted by atomic mass is 16.2. The first kappa shape index (κ1) is 15.7. The zero-order valence-corrected chi connectivity index (χ0v) is 13.9. The first-order chi connectivity index (χ1) is 11.1. The van der Waals surface area contributed by atoms with Crippen LogP contribution in [0.15, 0.2) is 30.6 Å². The Bertz CT molecular complexity index is 679. The summed E-state index contributed by atoms with van der Waals surface area (Å²) < 4.78 is 1.95. The van der Waals surface area contributed by atoms with E-state index >= 15 is 0 Å². The zero-order valence-electron chi connectivity index (χ0n) is 13.9. The Morgan fingerprint density at radius 1 is 1.35 bits per heavy atom. The lowest BCUT2D eigenvalue weighted by molar-refractivity contribution is -0.131. The molecule has 1 amide bonds. The van der Waals surface area contributed by atoms with Crippen molar-refractivity contribution < 1.29 is 4.79 Å². The smallest absolute Gasteiger partial charge is 0.227 e. The molecule has 1 aromatic heterocycles. The molecule has 1 atom stereocenters. The number of carbonyl (C=O) groups is 1. The summed E-state index contributed by atoms with van der Waals surface area (Å²) in [7, 11) is 1.96. The SMILES string of the molecule is Cc1ccccc1CC(=O)N1CCCC1CCc1nncn1C. The third kappa shape index (κ3) is 3.60. The van der Waals surface area contributed by atoms with Crippen molar-refractivity contribution in [3.8, 4) is 0 Å². The van der Waals surface area contributed by atoms with Crippen LogP contribution in [-0.2, 0) is 24.7 Å². The van der Waals surface area contributed by atoms with Crippen molar-refractivity contribution in [2.45, 2.75) is 45.1 Å². The normalized spacial score (nSPS) is 17.7. The van der Waals surface area contributed by atoms with Gasteiger partial charge in [-0.1, -0.05) is 24.3 Å². The Balaban J connectivity index is 1.61. The van der Waals surface area contributed by atoms with Gasteiger partial charge in [-0.15, -0.1) is 10.2 Å². The molecule has 0 bridgehead atoms. The molecule has 5 nitrogen and oxygen atoms in total. The number of nitrogens with zero attached hydrogens (tertiary/aromatic N) is 4. The van der Waals surface area contributed by atoms with Gasteiger partial charge in [-0.25, -0.2) is 0 Å². The van der Waals surface area contributed by atoms with Crippen molar-refractivity contribution in [1.82, 2.24) is 19.7 Å². The second-order valence-electron chi connectivity index (χ2n) is 6.38. The highest BCUT2D eigenvalue weighted by Gasteiger charge is 2.28. The Morgan fingerprint density at radius 3 is 2.91 bits per heavy atom. The number of hydrogen-bond donors (Lipinski definition) is 0. The highest BCUT2D eigenvalue weighted by molar-refractivity contribution is 5.79. The van der Waals surface area contributed by atoms with Crippen molar-refractivity contribution in [2.24, 2.45) is 7.05 Å². The number of hydrogen-bond acceptors (Lipinski definition) is 3. The molecule has 23 heavy (non-hydrogen) atoms. The fraction of sp³-hybridized carbons (Fsp3) is 0.500. The molecule has 1 saturated heterocycles. The van der Waals surface area contributed by atoms with Crippen molar-refractivity contribution in [2.75, 3.05) is 6.54 Å². The minimum atomic E-state index is 0.250. The molecule has 1 aliphatic heterocycles. The number of aromatic nitrogens is 3. The van der Waals surface area contributed by atoms with Crippen molar-refractivity contribution >= 4 is 5.91 Å². The summed E-state index contributed by atoms with van der Waals surface area (Å²) in [6, 6.07) is 8.48. The summed E-state index contributed by atoms with van der Waals surface area (Å²) in [5.74, 6) is 1.24. The van der Waals surface area contributed by atoms with Crippen LogP contribution in [0.3, 0.4) is 0 Å². The van der Waals surface area contributed by atoms with Crippen LogP contribution in [0.2, 0.25) is 0 Å². The second kappa shape index (κ2) is 6.94. The number of amides is 1. The van der Waals surface area contributed by atoms with Gasteiger partial charge in [0.1, 0.15) is 12.2 Å². The molecule has 2 heterocycles. The van der Waals surface area contributed by atoms with Gasteiger partial charge in [0.05, 0.1) is 6.42 Å². The van der Waals surface area contributed by atoms with E-state index in [-0.39, 0.29) is 5.91 Å². The molecule has 0 radical (unpaired) electrons. The summed E-state index contributed by atoms with van der Waals surface area (Å²) in [4.78, 5) is 14.8. The summed E-state index contributed by atoms with van der Waals surface area (Å²) >= 11 is 0. The fourth-order valence-corrected chi connectivity index (χ4v) is 3.37. The Labute approximate surface area is 137 Å². The summed E-state index contributed by atoms with van der Waals surface area (Å²) in [6.07, 6.45) is 6.26. The van der Waals surface area contributed by atoms with Gasteiger partial charge >= 0.3 is 0 Å². The average molecular weight is 312 g/mol. The lowest BCUT2D eigenvalue weighted by Gasteiger charge is -2.25. The molecule has 1 aromatic carbocycles. The van der Waals surface area contributed by atoms with Crippen LogP contribution in [-0.4, -0.2) is 38.2 Å². The lowest BCUT2D eigenvalue weighted by atomic mass is 10.0. The predicted octanol–water partition coefficient (Wildman–Crippen LogP) is 2.29. The van der Waals surface area contributed by atoms with Crippen LogP contribution in [0.4, 0.5) is 0 Å². The Morgan fingerprint density at radius 2 is 2.17 bits per heavy atom. The summed E-state index contributed by atoms with van der Waals surface area (Å²) in [5.41, 5.74) is 2.33. The molecule has 0 saturated carbocycles. The third-order valence-electron chi connectivity index (χ3n) is 4.81. The monoisotopic (exact) mass is 312 g/mol. The number of likely N-dealkylation sites (tertiary alicyclic amines) is 1. The van der Waals surface area contributed by atoms with E-state index in [1.54, 1.807) is 6.33 Å². The van der Waals surface area contributed by atoms with Crippen LogP contribution in [0.5, 0.6) is 0 Å². The van der Waals surface area contributed by atoms with Crippen molar-refractivity contribution in [1.29, 1.82) is 0 Å². The van der Waals surface area contributed by atoms with Gasteiger partial charge in [-0.3, -0.25) is 4.79 Å². The molecule has 0 spiro atoms. The van der Waals surface area contributed by atoms with Gasteiger partial charge in [0.2, 0.25) is 5.91 Å². The molecular formula is C18H24N4O. The highest BCUT2D eigenvalue weighted by Crippen LogP contribution is 2.23. The topological polar surface area (TPSA) is 51.0 Å². The fourth-order valence-electron chi connectivity index (χ4n) is 3.37. The van der Waals surface area contributed by atoms with Crippen LogP contribution in [0, 0.1) is 6.92 Å². The van der Waals surface area contributed by atoms with Gasteiger partial charge in [0.15, 0.2) is 0 Å². The third-order valence-corrected chi connectivity index (χ3v) is 4.81. The van der Waals surface area contributed by atoms with Gasteiger partial charge in [0, 0.05) is 26.1 Å². The van der Waals surface area contributed by atoms with Crippen molar-refractivity contribution in [3.05, 3.63) is 47.5 Å². The Hall–Kier alpha value is -2.17. The van der Waals surface area contributed by atoms with E-state index < -0.39 is 0 Å². The number of aryl methyl sites for hydroxylation is 3. The molecule has 0 N–H and O–H groups in total. The minimum absolute atomic E-state index is 0.250. The predicted molar refractivity (Wildman–Crippen MR) is 88.9 cm³/mol. The summed E-state index contributed by atoms with van der Waals surface area (Å²) in [5, 5.41) is 8.05. The molecule has 1 unspecified atom stereocenters. The number of carbonyl (C=O) groups excluding carboxylic acids is 1. The van der Waals surface area contributed by atoms with Gasteiger partial charge in [0.25, 0.3) is 0 Å². The second-order valence-corrected chi connectivity index (χ2v) is 6.38. The van der Waals surface area contributed by atoms with Crippen LogP contribution in [0.25, 0.3) is 0 Å². The molecule has 0 aliphatic carbocycles. The summed E-state index contributed by atoms with van der Waals surface area (Å²) in [6.45, 7) is 2.95. The standard InChI is InChI=1S/C18H24N4O/c1-14-6-3-4-7-15(14)12-18(23)22-11-5-8-16(22)9-10-17-20-19-13-21(17)2/h3-4,6-7,13,16H,5,8-12H2,1-2H3. The van der Waals surface area contributed by atoms with Gasteiger partial charge in [-0.2, -0.15) is 0 Å². The lowest BCUT2D eigenvalue weighted by Crippen LogP contribution is -2.37. The van der Waals surface area contributed by atoms with E-state index in [1.165, 1.54) is 5.56 Å². The molecule has 5 heteroatoms. The van der Waals surface area contributed by atoms with E-state index in [0.29, 0.717) is 12.5 Å².